The van der Waals surface area contributed by atoms with Crippen LogP contribution in [0.15, 0.2) is 10.6 Å². The topological polar surface area (TPSA) is 73.6 Å². The van der Waals surface area contributed by atoms with E-state index in [-0.39, 0.29) is 23.5 Å². The monoisotopic (exact) mass is 310 g/mol. The Kier molecular flexibility index (Phi) is 5.58. The van der Waals surface area contributed by atoms with E-state index in [1.165, 1.54) is 0 Å². The third-order valence-electron chi connectivity index (χ3n) is 3.74. The van der Waals surface area contributed by atoms with Gasteiger partial charge in [-0.15, -0.1) is 0 Å². The molecule has 1 saturated heterocycles. The van der Waals surface area contributed by atoms with Gasteiger partial charge in [0.05, 0.1) is 12.3 Å². The van der Waals surface area contributed by atoms with Crippen molar-refractivity contribution in [2.24, 2.45) is 5.92 Å². The summed E-state index contributed by atoms with van der Waals surface area (Å²) in [4.78, 5) is 11.7. The van der Waals surface area contributed by atoms with Gasteiger partial charge in [0.25, 0.3) is 0 Å². The Morgan fingerprint density at radius 3 is 2.91 bits per heavy atom. The summed E-state index contributed by atoms with van der Waals surface area (Å²) in [6.45, 7) is 8.97. The number of nitrogens with one attached hydrogen (secondary N) is 1. The third-order valence-corrected chi connectivity index (χ3v) is 3.74. The number of ether oxygens (including phenoxy) is 2. The lowest BCUT2D eigenvalue weighted by molar-refractivity contribution is -0.170. The minimum absolute atomic E-state index is 0.0904. The van der Waals surface area contributed by atoms with Crippen LogP contribution in [-0.4, -0.2) is 30.6 Å². The summed E-state index contributed by atoms with van der Waals surface area (Å²) in [5.41, 5.74) is 0.438. The maximum absolute atomic E-state index is 11.7. The molecule has 6 heteroatoms. The van der Waals surface area contributed by atoms with Crippen LogP contribution in [0.3, 0.4) is 0 Å². The summed E-state index contributed by atoms with van der Waals surface area (Å²) in [6.07, 6.45) is 3.05. The van der Waals surface area contributed by atoms with Crippen molar-refractivity contribution in [3.63, 3.8) is 0 Å². The summed E-state index contributed by atoms with van der Waals surface area (Å²) in [6, 6.07) is 1.76. The molecular formula is C16H26N2O4. The zero-order chi connectivity index (χ0) is 16.2. The van der Waals surface area contributed by atoms with Gasteiger partial charge in [0, 0.05) is 24.0 Å². The second kappa shape index (κ2) is 7.24. The summed E-state index contributed by atoms with van der Waals surface area (Å²) < 4.78 is 16.6. The van der Waals surface area contributed by atoms with Crippen molar-refractivity contribution in [3.05, 3.63) is 11.8 Å². The predicted octanol–water partition coefficient (Wildman–Crippen LogP) is 3.09. The van der Waals surface area contributed by atoms with Crippen LogP contribution in [0, 0.1) is 5.92 Å². The van der Waals surface area contributed by atoms with Gasteiger partial charge in [-0.05, 0) is 19.3 Å². The normalized spacial score (nSPS) is 19.4. The van der Waals surface area contributed by atoms with Gasteiger partial charge < -0.3 is 14.0 Å². The van der Waals surface area contributed by atoms with E-state index in [1.807, 2.05) is 27.7 Å². The van der Waals surface area contributed by atoms with Gasteiger partial charge >= 0.3 is 0 Å². The molecule has 0 radical (unpaired) electrons. The number of amides is 1. The highest BCUT2D eigenvalue weighted by atomic mass is 16.7. The van der Waals surface area contributed by atoms with E-state index in [0.29, 0.717) is 12.5 Å². The first-order valence-electron chi connectivity index (χ1n) is 7.90. The SMILES string of the molecule is CC(C)C(=O)Nc1cc(C(C)(C)COC2CCCCO2)no1. The van der Waals surface area contributed by atoms with E-state index in [0.717, 1.165) is 31.6 Å². The van der Waals surface area contributed by atoms with E-state index >= 15 is 0 Å². The summed E-state index contributed by atoms with van der Waals surface area (Å²) >= 11 is 0. The molecule has 1 amide bonds. The smallest absolute Gasteiger partial charge is 0.231 e. The zero-order valence-corrected chi connectivity index (χ0v) is 13.8. The molecule has 1 fully saturated rings. The quantitative estimate of drug-likeness (QED) is 0.874. The highest BCUT2D eigenvalue weighted by molar-refractivity contribution is 5.90. The standard InChI is InChI=1S/C16H26N2O4/c1-11(2)15(19)17-13-9-12(18-22-13)16(3,4)10-21-14-7-5-6-8-20-14/h9,11,14H,5-8,10H2,1-4H3,(H,17,19). The zero-order valence-electron chi connectivity index (χ0n) is 13.8. The maximum atomic E-state index is 11.7. The van der Waals surface area contributed by atoms with Crippen LogP contribution >= 0.6 is 0 Å². The van der Waals surface area contributed by atoms with E-state index in [4.69, 9.17) is 14.0 Å². The number of hydrogen-bond acceptors (Lipinski definition) is 5. The summed E-state index contributed by atoms with van der Waals surface area (Å²) in [5, 5.41) is 6.76. The average Bonchev–Trinajstić information content (AvgIpc) is 2.95. The molecule has 1 unspecified atom stereocenters. The molecule has 0 bridgehead atoms. The van der Waals surface area contributed by atoms with E-state index in [1.54, 1.807) is 6.07 Å². The Morgan fingerprint density at radius 1 is 1.50 bits per heavy atom. The molecule has 1 N–H and O–H groups in total. The Balaban J connectivity index is 1.91. The van der Waals surface area contributed by atoms with Crippen LogP contribution < -0.4 is 5.32 Å². The van der Waals surface area contributed by atoms with Crippen LogP contribution in [-0.2, 0) is 19.7 Å². The number of hydrogen-bond donors (Lipinski definition) is 1. The number of aromatic nitrogens is 1. The van der Waals surface area contributed by atoms with Gasteiger partial charge in [0.2, 0.25) is 11.8 Å². The van der Waals surface area contributed by atoms with Crippen molar-refractivity contribution in [1.82, 2.24) is 5.16 Å². The van der Waals surface area contributed by atoms with E-state index < -0.39 is 0 Å². The molecule has 0 saturated carbocycles. The van der Waals surface area contributed by atoms with Crippen LogP contribution in [0.25, 0.3) is 0 Å². The molecule has 1 aliphatic heterocycles. The van der Waals surface area contributed by atoms with Gasteiger partial charge in [0.15, 0.2) is 6.29 Å². The molecule has 1 aromatic rings. The first kappa shape index (κ1) is 17.0. The molecule has 0 aromatic carbocycles. The maximum Gasteiger partial charge on any atom is 0.231 e. The Hall–Kier alpha value is -1.40. The number of carbonyl (C=O) groups excluding carboxylic acids is 1. The predicted molar refractivity (Wildman–Crippen MR) is 82.5 cm³/mol. The molecule has 2 heterocycles. The Morgan fingerprint density at radius 2 is 2.27 bits per heavy atom. The van der Waals surface area contributed by atoms with Crippen molar-refractivity contribution >= 4 is 11.8 Å². The summed E-state index contributed by atoms with van der Waals surface area (Å²) in [5.74, 6) is 0.177. The number of nitrogens with zero attached hydrogens (tertiary/aromatic N) is 1. The molecule has 2 rings (SSSR count). The molecule has 1 atom stereocenters. The van der Waals surface area contributed by atoms with Crippen molar-refractivity contribution in [1.29, 1.82) is 0 Å². The van der Waals surface area contributed by atoms with Gasteiger partial charge in [-0.2, -0.15) is 0 Å². The van der Waals surface area contributed by atoms with Gasteiger partial charge in [-0.1, -0.05) is 32.9 Å². The fourth-order valence-corrected chi connectivity index (χ4v) is 2.14. The lowest BCUT2D eigenvalue weighted by atomic mass is 9.90. The molecule has 22 heavy (non-hydrogen) atoms. The van der Waals surface area contributed by atoms with Crippen molar-refractivity contribution in [2.75, 3.05) is 18.5 Å². The second-order valence-electron chi connectivity index (χ2n) is 6.71. The number of anilines is 1. The highest BCUT2D eigenvalue weighted by Gasteiger charge is 2.28. The number of carbonyl (C=O) groups is 1. The van der Waals surface area contributed by atoms with Crippen molar-refractivity contribution < 1.29 is 18.8 Å². The molecular weight excluding hydrogens is 284 g/mol. The number of rotatable bonds is 6. The third kappa shape index (κ3) is 4.55. The van der Waals surface area contributed by atoms with Crippen molar-refractivity contribution in [3.8, 4) is 0 Å². The van der Waals surface area contributed by atoms with Gasteiger partial charge in [-0.3, -0.25) is 10.1 Å². The second-order valence-corrected chi connectivity index (χ2v) is 6.71. The van der Waals surface area contributed by atoms with Crippen LogP contribution in [0.2, 0.25) is 0 Å². The van der Waals surface area contributed by atoms with E-state index in [2.05, 4.69) is 10.5 Å². The first-order valence-corrected chi connectivity index (χ1v) is 7.90. The molecule has 124 valence electrons. The van der Waals surface area contributed by atoms with Gasteiger partial charge in [-0.25, -0.2) is 0 Å². The van der Waals surface area contributed by atoms with Crippen LogP contribution in [0.1, 0.15) is 52.7 Å². The molecule has 1 aromatic heterocycles. The Labute approximate surface area is 131 Å². The van der Waals surface area contributed by atoms with Gasteiger partial charge in [0.1, 0.15) is 0 Å². The lowest BCUT2D eigenvalue weighted by Gasteiger charge is -2.28. The molecule has 1 aliphatic rings. The largest absolute Gasteiger partial charge is 0.353 e. The highest BCUT2D eigenvalue weighted by Crippen LogP contribution is 2.27. The molecule has 0 spiro atoms. The van der Waals surface area contributed by atoms with Crippen molar-refractivity contribution in [2.45, 2.75) is 58.7 Å². The minimum atomic E-state index is -0.314. The van der Waals surface area contributed by atoms with Crippen LogP contribution in [0.5, 0.6) is 0 Å². The molecule has 6 nitrogen and oxygen atoms in total. The van der Waals surface area contributed by atoms with Crippen LogP contribution in [0.4, 0.5) is 5.88 Å². The minimum Gasteiger partial charge on any atom is -0.353 e. The van der Waals surface area contributed by atoms with E-state index in [9.17, 15) is 4.79 Å². The fourth-order valence-electron chi connectivity index (χ4n) is 2.14. The average molecular weight is 310 g/mol. The molecule has 0 aliphatic carbocycles. The lowest BCUT2D eigenvalue weighted by Crippen LogP contribution is -2.31. The summed E-state index contributed by atoms with van der Waals surface area (Å²) in [7, 11) is 0. The Bertz CT molecular complexity index is 490. The fraction of sp³-hybridized carbons (Fsp3) is 0.750. The first-order chi connectivity index (χ1) is 10.4.